The number of hydrogen-bond acceptors (Lipinski definition) is 12. The van der Waals surface area contributed by atoms with Gasteiger partial charge in [0.1, 0.15) is 0 Å². The monoisotopic (exact) mass is 702 g/mol. The summed E-state index contributed by atoms with van der Waals surface area (Å²) in [5.41, 5.74) is 0. The van der Waals surface area contributed by atoms with E-state index in [0.29, 0.717) is 0 Å². The molecule has 0 bridgehead atoms. The van der Waals surface area contributed by atoms with E-state index in [4.69, 9.17) is 52.6 Å². The van der Waals surface area contributed by atoms with Crippen LogP contribution in [-0.4, -0.2) is 85.4 Å². The normalized spacial score (nSPS) is 7.57. The van der Waals surface area contributed by atoms with Gasteiger partial charge in [-0.05, 0) is 0 Å². The van der Waals surface area contributed by atoms with E-state index in [-0.39, 0.29) is 132 Å². The van der Waals surface area contributed by atoms with Crippen LogP contribution in [0.15, 0.2) is 0 Å². The van der Waals surface area contributed by atoms with Crippen LogP contribution in [0.5, 0.6) is 0 Å². The molecule has 0 fully saturated rings. The third-order valence-electron chi connectivity index (χ3n) is 0. The average Bonchev–Trinajstić information content (AvgIpc) is 1.41. The van der Waals surface area contributed by atoms with Crippen molar-refractivity contribution in [1.82, 2.24) is 0 Å². The topological polar surface area (TPSA) is 430 Å². The molecule has 0 aromatic rings. The second-order valence-corrected chi connectivity index (χ2v) is 3.67. The van der Waals surface area contributed by atoms with Gasteiger partial charge in [0.25, 0.3) is 0 Å². The minimum atomic E-state index is -5.17. The average molecular weight is 700 g/mol. The van der Waals surface area contributed by atoms with E-state index in [1.54, 1.807) is 0 Å². The van der Waals surface area contributed by atoms with Gasteiger partial charge in [-0.3, -0.25) is 25.3 Å². The SMILES string of the molecule is O.O.O.O.O.O.O=S(=O)([O-])[O-].O=S(=O)([O-])[O-].O=S(=O)([O-])[O-].[Eu+3].[Eu+3]. The predicted octanol–water partition coefficient (Wildman–Crippen LogP) is -8.96. The van der Waals surface area contributed by atoms with Crippen LogP contribution in [0.3, 0.4) is 0 Å². The molecule has 0 heterocycles. The Morgan fingerprint density at radius 2 is 0.348 bits per heavy atom. The molecule has 0 amide bonds. The summed E-state index contributed by atoms with van der Waals surface area (Å²) >= 11 is 0. The Kier molecular flexibility index (Phi) is 102. The van der Waals surface area contributed by atoms with Crippen molar-refractivity contribution in [3.8, 4) is 0 Å². The summed E-state index contributed by atoms with van der Waals surface area (Å²) in [6.45, 7) is 0. The van der Waals surface area contributed by atoms with Gasteiger partial charge in [0.15, 0.2) is 0 Å². The quantitative estimate of drug-likeness (QED) is 0.168. The van der Waals surface area contributed by atoms with Crippen LogP contribution < -0.4 is 0 Å². The third-order valence-corrected chi connectivity index (χ3v) is 0. The smallest absolute Gasteiger partial charge is 0.759 e. The van der Waals surface area contributed by atoms with Crippen LogP contribution >= 0.6 is 0 Å². The van der Waals surface area contributed by atoms with Crippen molar-refractivity contribution < 1.29 is 184 Å². The fraction of sp³-hybridized carbons (Fsp3) is 0. The molecule has 23 heavy (non-hydrogen) atoms. The summed E-state index contributed by atoms with van der Waals surface area (Å²) in [5.74, 6) is 0. The maximum absolute atomic E-state index is 8.52. The van der Waals surface area contributed by atoms with Crippen molar-refractivity contribution in [2.45, 2.75) is 0 Å². The first-order valence-electron chi connectivity index (χ1n) is 2.00. The Labute approximate surface area is 211 Å². The fourth-order valence-electron chi connectivity index (χ4n) is 0. The summed E-state index contributed by atoms with van der Waals surface area (Å²) in [6.07, 6.45) is 0. The van der Waals surface area contributed by atoms with Gasteiger partial charge in [0, 0.05) is 31.2 Å². The molecule has 0 aliphatic heterocycles. The molecule has 0 radical (unpaired) electrons. The zero-order valence-electron chi connectivity index (χ0n) is 9.88. The van der Waals surface area contributed by atoms with Gasteiger partial charge in [-0.15, -0.1) is 0 Å². The molecule has 12 N–H and O–H groups in total. The molecule has 0 aliphatic carbocycles. The first-order chi connectivity index (χ1) is 6.00. The van der Waals surface area contributed by atoms with Gasteiger partial charge >= 0.3 is 98.8 Å². The summed E-state index contributed by atoms with van der Waals surface area (Å²) in [5, 5.41) is 0. The fourth-order valence-corrected chi connectivity index (χ4v) is 0. The molecule has 0 spiro atoms. The standard InChI is InChI=1S/2Eu.3H2O4S.6H2O/c;;3*1-5(2,3)4;;;;;;/h;;3*(H2,1,2,3,4);6*1H2/q2*+3;;;;;;;;;/p-6. The van der Waals surface area contributed by atoms with Gasteiger partial charge in [-0.2, -0.15) is 0 Å². The number of hydrogen-bond donors (Lipinski definition) is 0. The molecule has 0 aliphatic rings. The van der Waals surface area contributed by atoms with E-state index in [1.165, 1.54) is 0 Å². The molecule has 0 atom stereocenters. The van der Waals surface area contributed by atoms with Crippen LogP contribution in [0.1, 0.15) is 0 Å². The second kappa shape index (κ2) is 32.2. The second-order valence-electron chi connectivity index (χ2n) is 1.22. The summed E-state index contributed by atoms with van der Waals surface area (Å²) in [4.78, 5) is 0. The van der Waals surface area contributed by atoms with Crippen molar-refractivity contribution in [2.24, 2.45) is 0 Å². The Bertz CT molecular complexity index is 343. The molecule has 0 aromatic carbocycles. The Balaban J connectivity index is -0.00000000889. The van der Waals surface area contributed by atoms with Crippen LogP contribution in [0.2, 0.25) is 0 Å². The van der Waals surface area contributed by atoms with Gasteiger partial charge in [-0.1, -0.05) is 0 Å². The molecule has 0 rings (SSSR count). The summed E-state index contributed by atoms with van der Waals surface area (Å²) in [6, 6.07) is 0. The summed E-state index contributed by atoms with van der Waals surface area (Å²) < 4.78 is 102. The van der Waals surface area contributed by atoms with E-state index in [1.807, 2.05) is 0 Å². The largest absolute Gasteiger partial charge is 3.00 e. The maximum Gasteiger partial charge on any atom is 3.00 e. The molecule has 0 aromatic heterocycles. The molecule has 0 saturated heterocycles. The van der Waals surface area contributed by atoms with E-state index >= 15 is 0 Å². The third kappa shape index (κ3) is 1930. The van der Waals surface area contributed by atoms with Crippen molar-refractivity contribution in [3.63, 3.8) is 0 Å². The minimum absolute atomic E-state index is 0. The van der Waals surface area contributed by atoms with E-state index in [9.17, 15) is 0 Å². The molecular weight excluding hydrogens is 688 g/mol. The van der Waals surface area contributed by atoms with Crippen molar-refractivity contribution in [1.29, 1.82) is 0 Å². The molecule has 0 saturated carbocycles. The first-order valence-corrected chi connectivity index (χ1v) is 6.00. The maximum atomic E-state index is 8.52. The zero-order valence-corrected chi connectivity index (χ0v) is 17.2. The Morgan fingerprint density at radius 3 is 0.348 bits per heavy atom. The molecule has 18 nitrogen and oxygen atoms in total. The molecular formula is H12Eu2O18S3. The van der Waals surface area contributed by atoms with Crippen LogP contribution in [0, 0.1) is 98.8 Å². The molecule has 23 heteroatoms. The molecule has 0 unspecified atom stereocenters. The number of rotatable bonds is 0. The van der Waals surface area contributed by atoms with Crippen molar-refractivity contribution >= 4 is 31.2 Å². The van der Waals surface area contributed by atoms with Crippen molar-refractivity contribution in [2.75, 3.05) is 0 Å². The van der Waals surface area contributed by atoms with Crippen LogP contribution in [0.25, 0.3) is 0 Å². The minimum Gasteiger partial charge on any atom is -0.759 e. The summed E-state index contributed by atoms with van der Waals surface area (Å²) in [7, 11) is -15.5. The van der Waals surface area contributed by atoms with Gasteiger partial charge in [-0.25, -0.2) is 0 Å². The van der Waals surface area contributed by atoms with E-state index in [0.717, 1.165) is 0 Å². The van der Waals surface area contributed by atoms with Crippen molar-refractivity contribution in [3.05, 3.63) is 0 Å². The molecule has 152 valence electrons. The predicted molar refractivity (Wildman–Crippen MR) is 53.1 cm³/mol. The van der Waals surface area contributed by atoms with Gasteiger partial charge in [0.2, 0.25) is 0 Å². The van der Waals surface area contributed by atoms with Gasteiger partial charge < -0.3 is 60.2 Å². The Hall–Kier alpha value is 2.54. The van der Waals surface area contributed by atoms with Gasteiger partial charge in [0.05, 0.1) is 0 Å². The Morgan fingerprint density at radius 1 is 0.348 bits per heavy atom. The van der Waals surface area contributed by atoms with E-state index in [2.05, 4.69) is 0 Å². The van der Waals surface area contributed by atoms with Crippen LogP contribution in [0.4, 0.5) is 0 Å². The first kappa shape index (κ1) is 72.8. The van der Waals surface area contributed by atoms with Crippen LogP contribution in [-0.2, 0) is 31.2 Å². The zero-order chi connectivity index (χ0) is 13.5. The van der Waals surface area contributed by atoms with E-state index < -0.39 is 31.2 Å².